The lowest BCUT2D eigenvalue weighted by Crippen LogP contribution is -2.30. The second-order valence-corrected chi connectivity index (χ2v) is 6.94. The van der Waals surface area contributed by atoms with Crippen LogP contribution in [0.5, 0.6) is 0 Å². The molecule has 0 radical (unpaired) electrons. The molecular weight excluding hydrogens is 303 g/mol. The van der Waals surface area contributed by atoms with E-state index in [0.717, 1.165) is 25.0 Å². The van der Waals surface area contributed by atoms with Gasteiger partial charge in [0.15, 0.2) is 0 Å². The zero-order valence-electron chi connectivity index (χ0n) is 11.1. The largest absolute Gasteiger partial charge is 0.396 e. The van der Waals surface area contributed by atoms with E-state index < -0.39 is 26.5 Å². The average Bonchev–Trinajstić information content (AvgIpc) is 3.17. The summed E-state index contributed by atoms with van der Waals surface area (Å²) in [5.74, 6) is -1.20. The van der Waals surface area contributed by atoms with Crippen LogP contribution in [-0.2, 0) is 10.0 Å². The number of benzene rings is 1. The van der Waals surface area contributed by atoms with Crippen molar-refractivity contribution in [3.05, 3.63) is 34.1 Å². The highest BCUT2D eigenvalue weighted by Gasteiger charge is 2.42. The maximum absolute atomic E-state index is 13.5. The molecule has 0 heterocycles. The van der Waals surface area contributed by atoms with E-state index in [1.54, 1.807) is 0 Å². The topological polar surface area (TPSA) is 110 Å². The number of aliphatic hydroxyl groups excluding tert-OH is 1. The summed E-state index contributed by atoms with van der Waals surface area (Å²) in [7, 11) is -3.93. The van der Waals surface area contributed by atoms with E-state index in [1.807, 2.05) is 0 Å². The second-order valence-electron chi connectivity index (χ2n) is 5.17. The van der Waals surface area contributed by atoms with Crippen molar-refractivity contribution in [3.63, 3.8) is 0 Å². The van der Waals surface area contributed by atoms with Gasteiger partial charge in [0.05, 0.1) is 9.82 Å². The molecule has 1 saturated carbocycles. The Morgan fingerprint density at radius 2 is 2.10 bits per heavy atom. The van der Waals surface area contributed by atoms with Gasteiger partial charge in [0.2, 0.25) is 15.8 Å². The molecule has 0 aromatic heterocycles. The number of hydrogen-bond acceptors (Lipinski definition) is 5. The van der Waals surface area contributed by atoms with Crippen LogP contribution in [-0.4, -0.2) is 31.6 Å². The number of nitro groups is 1. The van der Waals surface area contributed by atoms with Gasteiger partial charge in [0, 0.05) is 25.3 Å². The van der Waals surface area contributed by atoms with Gasteiger partial charge in [0.25, 0.3) is 0 Å². The summed E-state index contributed by atoms with van der Waals surface area (Å²) in [6, 6.07) is 2.45. The van der Waals surface area contributed by atoms with Gasteiger partial charge in [-0.05, 0) is 30.7 Å². The minimum Gasteiger partial charge on any atom is -0.396 e. The maximum Gasteiger partial charge on any atom is 0.304 e. The molecular formula is C12H15FN2O5S. The predicted molar refractivity (Wildman–Crippen MR) is 71.6 cm³/mol. The number of hydrogen-bond donors (Lipinski definition) is 2. The Balaban J connectivity index is 2.13. The lowest BCUT2D eigenvalue weighted by molar-refractivity contribution is -0.387. The van der Waals surface area contributed by atoms with E-state index in [1.165, 1.54) is 0 Å². The third kappa shape index (κ3) is 3.55. The Kier molecular flexibility index (Phi) is 4.26. The van der Waals surface area contributed by atoms with Crippen LogP contribution < -0.4 is 4.72 Å². The van der Waals surface area contributed by atoms with Crippen LogP contribution in [0.25, 0.3) is 0 Å². The highest BCUT2D eigenvalue weighted by molar-refractivity contribution is 7.89. The molecule has 1 aliphatic carbocycles. The molecule has 0 bridgehead atoms. The first-order chi connectivity index (χ1) is 9.80. The number of nitro benzene ring substituents is 1. The van der Waals surface area contributed by atoms with Crippen molar-refractivity contribution in [1.29, 1.82) is 0 Å². The summed E-state index contributed by atoms with van der Waals surface area (Å²) >= 11 is 0. The molecule has 0 spiro atoms. The summed E-state index contributed by atoms with van der Waals surface area (Å²) in [5, 5.41) is 19.4. The van der Waals surface area contributed by atoms with Gasteiger partial charge in [-0.2, -0.15) is 4.39 Å². The molecule has 2 N–H and O–H groups in total. The van der Waals surface area contributed by atoms with Crippen molar-refractivity contribution in [2.24, 2.45) is 5.41 Å². The summed E-state index contributed by atoms with van der Waals surface area (Å²) in [4.78, 5) is 9.22. The molecule has 116 valence electrons. The zero-order chi connectivity index (χ0) is 15.7. The van der Waals surface area contributed by atoms with Crippen molar-refractivity contribution in [1.82, 2.24) is 4.72 Å². The molecule has 0 aliphatic heterocycles. The molecule has 1 fully saturated rings. The summed E-state index contributed by atoms with van der Waals surface area (Å²) in [6.07, 6.45) is 2.15. The Bertz CT molecular complexity index is 658. The molecule has 2 rings (SSSR count). The van der Waals surface area contributed by atoms with Crippen LogP contribution >= 0.6 is 0 Å². The fourth-order valence-corrected chi connectivity index (χ4v) is 3.23. The quantitative estimate of drug-likeness (QED) is 0.579. The smallest absolute Gasteiger partial charge is 0.304 e. The fraction of sp³-hybridized carbons (Fsp3) is 0.500. The number of aliphatic hydroxyl groups is 1. The molecule has 1 aromatic rings. The Hall–Kier alpha value is -1.58. The Labute approximate surface area is 121 Å². The molecule has 0 unspecified atom stereocenters. The van der Waals surface area contributed by atoms with Gasteiger partial charge < -0.3 is 5.11 Å². The Morgan fingerprint density at radius 1 is 1.43 bits per heavy atom. The van der Waals surface area contributed by atoms with Crippen LogP contribution in [0.1, 0.15) is 19.3 Å². The molecule has 1 aromatic carbocycles. The number of rotatable bonds is 7. The zero-order valence-corrected chi connectivity index (χ0v) is 11.9. The summed E-state index contributed by atoms with van der Waals surface area (Å²) < 4.78 is 39.9. The molecule has 7 nitrogen and oxygen atoms in total. The second kappa shape index (κ2) is 5.66. The normalized spacial score (nSPS) is 16.7. The van der Waals surface area contributed by atoms with E-state index >= 15 is 0 Å². The number of nitrogens with one attached hydrogen (secondary N) is 1. The standard InChI is InChI=1S/C12H15FN2O5S/c13-10-7-9(1-2-11(10)15(17)18)21(19,20)14-8-12(3-4-12)5-6-16/h1-2,7,14,16H,3-6,8H2. The van der Waals surface area contributed by atoms with E-state index in [2.05, 4.69) is 4.72 Å². The van der Waals surface area contributed by atoms with Gasteiger partial charge in [-0.3, -0.25) is 10.1 Å². The lowest BCUT2D eigenvalue weighted by atomic mass is 10.0. The summed E-state index contributed by atoms with van der Waals surface area (Å²) in [5.41, 5.74) is -0.992. The first-order valence-electron chi connectivity index (χ1n) is 6.34. The number of nitrogens with zero attached hydrogens (tertiary/aromatic N) is 1. The first-order valence-corrected chi connectivity index (χ1v) is 7.82. The third-order valence-electron chi connectivity index (χ3n) is 3.66. The minimum absolute atomic E-state index is 0.0200. The highest BCUT2D eigenvalue weighted by atomic mass is 32.2. The van der Waals surface area contributed by atoms with Crippen molar-refractivity contribution in [2.75, 3.05) is 13.2 Å². The fourth-order valence-electron chi connectivity index (χ4n) is 2.06. The minimum atomic E-state index is -3.93. The molecule has 21 heavy (non-hydrogen) atoms. The van der Waals surface area contributed by atoms with E-state index in [4.69, 9.17) is 5.11 Å². The number of sulfonamides is 1. The molecule has 1 aliphatic rings. The van der Waals surface area contributed by atoms with Crippen LogP contribution in [0.15, 0.2) is 23.1 Å². The van der Waals surface area contributed by atoms with E-state index in [9.17, 15) is 22.9 Å². The van der Waals surface area contributed by atoms with Crippen molar-refractivity contribution in [2.45, 2.75) is 24.2 Å². The number of halogens is 1. The SMILES string of the molecule is O=[N+]([O-])c1ccc(S(=O)(=O)NCC2(CCO)CC2)cc1F. The third-order valence-corrected chi connectivity index (χ3v) is 5.06. The van der Waals surface area contributed by atoms with Gasteiger partial charge in [-0.25, -0.2) is 13.1 Å². The monoisotopic (exact) mass is 318 g/mol. The van der Waals surface area contributed by atoms with E-state index in [-0.39, 0.29) is 23.5 Å². The average molecular weight is 318 g/mol. The van der Waals surface area contributed by atoms with Gasteiger partial charge in [-0.15, -0.1) is 0 Å². The van der Waals surface area contributed by atoms with E-state index in [0.29, 0.717) is 12.5 Å². The Morgan fingerprint density at radius 3 is 2.57 bits per heavy atom. The first kappa shape index (κ1) is 15.8. The summed E-state index contributed by atoms with van der Waals surface area (Å²) in [6.45, 7) is 0.141. The lowest BCUT2D eigenvalue weighted by Gasteiger charge is -2.14. The van der Waals surface area contributed by atoms with Crippen LogP contribution in [0.3, 0.4) is 0 Å². The van der Waals surface area contributed by atoms with Crippen LogP contribution in [0, 0.1) is 21.3 Å². The van der Waals surface area contributed by atoms with Crippen LogP contribution in [0.2, 0.25) is 0 Å². The van der Waals surface area contributed by atoms with Gasteiger partial charge in [-0.1, -0.05) is 0 Å². The van der Waals surface area contributed by atoms with Crippen LogP contribution in [0.4, 0.5) is 10.1 Å². The molecule has 0 amide bonds. The van der Waals surface area contributed by atoms with Crippen molar-refractivity contribution >= 4 is 15.7 Å². The molecule has 0 atom stereocenters. The van der Waals surface area contributed by atoms with Crippen molar-refractivity contribution < 1.29 is 22.8 Å². The predicted octanol–water partition coefficient (Wildman–Crippen LogP) is 1.17. The van der Waals surface area contributed by atoms with Gasteiger partial charge in [0.1, 0.15) is 0 Å². The van der Waals surface area contributed by atoms with Crippen molar-refractivity contribution in [3.8, 4) is 0 Å². The molecule has 0 saturated heterocycles. The maximum atomic E-state index is 13.5. The van der Waals surface area contributed by atoms with Gasteiger partial charge >= 0.3 is 5.69 Å². The highest BCUT2D eigenvalue weighted by Crippen LogP contribution is 2.48. The molecule has 9 heteroatoms.